The van der Waals surface area contributed by atoms with Crippen molar-refractivity contribution in [2.24, 2.45) is 5.10 Å². The van der Waals surface area contributed by atoms with E-state index in [0.29, 0.717) is 22.6 Å². The molecule has 0 saturated heterocycles. The van der Waals surface area contributed by atoms with Gasteiger partial charge in [0.25, 0.3) is 11.6 Å². The Labute approximate surface area is 152 Å². The van der Waals surface area contributed by atoms with E-state index in [2.05, 4.69) is 15.5 Å². The van der Waals surface area contributed by atoms with E-state index in [9.17, 15) is 14.9 Å². The molecule has 0 aliphatic carbocycles. The zero-order chi connectivity index (χ0) is 18.5. The number of pyridine rings is 1. The van der Waals surface area contributed by atoms with Crippen molar-refractivity contribution in [1.82, 2.24) is 10.4 Å². The standard InChI is InChI=1S/C17H11ClN4O4/c18-15-9-12(22(24)25)1-3-14(15)16-4-2-13(26-16)10-20-21-17(23)11-5-7-19-8-6-11/h1-10H,(H,21,23). The third-order valence-corrected chi connectivity index (χ3v) is 3.67. The van der Waals surface area contributed by atoms with E-state index in [-0.39, 0.29) is 16.6 Å². The number of aromatic nitrogens is 1. The molecule has 1 amide bonds. The van der Waals surface area contributed by atoms with Crippen LogP contribution in [0.2, 0.25) is 5.02 Å². The van der Waals surface area contributed by atoms with E-state index in [1.807, 2.05) is 0 Å². The van der Waals surface area contributed by atoms with Crippen LogP contribution in [0.25, 0.3) is 11.3 Å². The Morgan fingerprint density at radius 2 is 2.00 bits per heavy atom. The smallest absolute Gasteiger partial charge is 0.271 e. The number of hydrogen-bond donors (Lipinski definition) is 1. The molecule has 2 heterocycles. The first-order valence-electron chi connectivity index (χ1n) is 7.32. The van der Waals surface area contributed by atoms with E-state index in [1.54, 1.807) is 24.3 Å². The zero-order valence-corrected chi connectivity index (χ0v) is 13.9. The fourth-order valence-electron chi connectivity index (χ4n) is 2.11. The van der Waals surface area contributed by atoms with Gasteiger partial charge in [0.2, 0.25) is 0 Å². The minimum absolute atomic E-state index is 0.106. The molecule has 0 bridgehead atoms. The van der Waals surface area contributed by atoms with Crippen molar-refractivity contribution >= 4 is 29.4 Å². The van der Waals surface area contributed by atoms with Crippen molar-refractivity contribution in [2.75, 3.05) is 0 Å². The van der Waals surface area contributed by atoms with Crippen LogP contribution in [0.1, 0.15) is 16.1 Å². The van der Waals surface area contributed by atoms with Crippen LogP contribution in [0, 0.1) is 10.1 Å². The highest BCUT2D eigenvalue weighted by atomic mass is 35.5. The molecule has 0 atom stereocenters. The number of benzene rings is 1. The predicted molar refractivity (Wildman–Crippen MR) is 95.1 cm³/mol. The fourth-order valence-corrected chi connectivity index (χ4v) is 2.37. The van der Waals surface area contributed by atoms with Crippen LogP contribution in [-0.2, 0) is 0 Å². The molecular formula is C17H11ClN4O4. The second-order valence-corrected chi connectivity index (χ2v) is 5.47. The zero-order valence-electron chi connectivity index (χ0n) is 13.1. The van der Waals surface area contributed by atoms with Crippen molar-refractivity contribution in [3.8, 4) is 11.3 Å². The number of halogens is 1. The molecule has 8 nitrogen and oxygen atoms in total. The fraction of sp³-hybridized carbons (Fsp3) is 0. The molecule has 130 valence electrons. The van der Waals surface area contributed by atoms with E-state index in [4.69, 9.17) is 16.0 Å². The molecule has 1 N–H and O–H groups in total. The van der Waals surface area contributed by atoms with E-state index in [0.717, 1.165) is 0 Å². The number of nitro groups is 1. The summed E-state index contributed by atoms with van der Waals surface area (Å²) in [6, 6.07) is 10.5. The lowest BCUT2D eigenvalue weighted by molar-refractivity contribution is -0.384. The maximum atomic E-state index is 11.8. The molecule has 9 heteroatoms. The summed E-state index contributed by atoms with van der Waals surface area (Å²) >= 11 is 6.07. The molecule has 0 saturated carbocycles. The summed E-state index contributed by atoms with van der Waals surface area (Å²) in [5, 5.41) is 14.8. The summed E-state index contributed by atoms with van der Waals surface area (Å²) in [5.41, 5.74) is 3.20. The quantitative estimate of drug-likeness (QED) is 0.418. The number of nitro benzene ring substituents is 1. The lowest BCUT2D eigenvalue weighted by Gasteiger charge is -2.00. The molecule has 0 spiro atoms. The van der Waals surface area contributed by atoms with Crippen molar-refractivity contribution in [2.45, 2.75) is 0 Å². The van der Waals surface area contributed by atoms with Gasteiger partial charge >= 0.3 is 0 Å². The molecule has 0 radical (unpaired) electrons. The van der Waals surface area contributed by atoms with E-state index < -0.39 is 4.92 Å². The SMILES string of the molecule is O=C(NN=Cc1ccc(-c2ccc([N+](=O)[O-])cc2Cl)o1)c1ccncc1. The average molecular weight is 371 g/mol. The van der Waals surface area contributed by atoms with Gasteiger partial charge in [0.1, 0.15) is 11.5 Å². The van der Waals surface area contributed by atoms with Gasteiger partial charge < -0.3 is 4.42 Å². The van der Waals surface area contributed by atoms with Crippen molar-refractivity contribution in [3.63, 3.8) is 0 Å². The highest BCUT2D eigenvalue weighted by molar-refractivity contribution is 6.33. The van der Waals surface area contributed by atoms with Gasteiger partial charge in [0.15, 0.2) is 0 Å². The maximum absolute atomic E-state index is 11.8. The summed E-state index contributed by atoms with van der Waals surface area (Å²) in [7, 11) is 0. The number of rotatable bonds is 5. The van der Waals surface area contributed by atoms with E-state index >= 15 is 0 Å². The second-order valence-electron chi connectivity index (χ2n) is 5.06. The molecule has 0 fully saturated rings. The molecule has 0 unspecified atom stereocenters. The van der Waals surface area contributed by atoms with Gasteiger partial charge in [-0.3, -0.25) is 19.9 Å². The number of nitrogens with one attached hydrogen (secondary N) is 1. The van der Waals surface area contributed by atoms with Gasteiger partial charge in [-0.2, -0.15) is 5.10 Å². The first-order chi connectivity index (χ1) is 12.5. The number of hydrogen-bond acceptors (Lipinski definition) is 6. The molecule has 1 aromatic carbocycles. The molecule has 0 aliphatic rings. The van der Waals surface area contributed by atoms with Crippen LogP contribution in [0.5, 0.6) is 0 Å². The third kappa shape index (κ3) is 3.93. The Hall–Kier alpha value is -3.52. The van der Waals surface area contributed by atoms with Crippen LogP contribution in [0.15, 0.2) is 64.4 Å². The normalized spacial score (nSPS) is 10.8. The van der Waals surface area contributed by atoms with Gasteiger partial charge in [-0.15, -0.1) is 0 Å². The van der Waals surface area contributed by atoms with Crippen LogP contribution >= 0.6 is 11.6 Å². The Morgan fingerprint density at radius 1 is 1.23 bits per heavy atom. The number of hydrazone groups is 1. The van der Waals surface area contributed by atoms with Crippen LogP contribution < -0.4 is 5.43 Å². The Kier molecular flexibility index (Phi) is 5.04. The van der Waals surface area contributed by atoms with E-state index in [1.165, 1.54) is 36.8 Å². The summed E-state index contributed by atoms with van der Waals surface area (Å²) in [6.45, 7) is 0. The predicted octanol–water partition coefficient (Wildman–Crippen LogP) is 3.67. The Bertz CT molecular complexity index is 985. The molecule has 2 aromatic heterocycles. The monoisotopic (exact) mass is 370 g/mol. The largest absolute Gasteiger partial charge is 0.455 e. The van der Waals surface area contributed by atoms with Crippen LogP contribution in [0.3, 0.4) is 0 Å². The van der Waals surface area contributed by atoms with Gasteiger partial charge in [-0.1, -0.05) is 11.6 Å². The summed E-state index contributed by atoms with van der Waals surface area (Å²) in [6.07, 6.45) is 4.35. The molecule has 26 heavy (non-hydrogen) atoms. The minimum atomic E-state index is -0.526. The topological polar surface area (TPSA) is 111 Å². The summed E-state index contributed by atoms with van der Waals surface area (Å²) in [4.78, 5) is 25.9. The third-order valence-electron chi connectivity index (χ3n) is 3.36. The molecule has 0 aliphatic heterocycles. The first-order valence-corrected chi connectivity index (χ1v) is 7.70. The summed E-state index contributed by atoms with van der Waals surface area (Å²) < 4.78 is 5.57. The highest BCUT2D eigenvalue weighted by Gasteiger charge is 2.13. The first kappa shape index (κ1) is 17.3. The minimum Gasteiger partial charge on any atom is -0.455 e. The van der Waals surface area contributed by atoms with Crippen molar-refractivity contribution in [3.05, 3.63) is 81.3 Å². The number of nitrogens with zero attached hydrogens (tertiary/aromatic N) is 3. The van der Waals surface area contributed by atoms with Gasteiger partial charge in [0.05, 0.1) is 16.2 Å². The lowest BCUT2D eigenvalue weighted by atomic mass is 10.1. The maximum Gasteiger partial charge on any atom is 0.271 e. The summed E-state index contributed by atoms with van der Waals surface area (Å²) in [5.74, 6) is 0.421. The van der Waals surface area contributed by atoms with Gasteiger partial charge in [-0.25, -0.2) is 5.43 Å². The Morgan fingerprint density at radius 3 is 2.69 bits per heavy atom. The van der Waals surface area contributed by atoms with Gasteiger partial charge in [-0.05, 0) is 30.3 Å². The van der Waals surface area contributed by atoms with Gasteiger partial charge in [0, 0.05) is 35.7 Å². The number of carbonyl (C=O) groups is 1. The number of furan rings is 1. The molecule has 3 aromatic rings. The number of non-ortho nitro benzene ring substituents is 1. The van der Waals surface area contributed by atoms with Crippen LogP contribution in [-0.4, -0.2) is 22.0 Å². The molecular weight excluding hydrogens is 360 g/mol. The number of carbonyl (C=O) groups excluding carboxylic acids is 1. The van der Waals surface area contributed by atoms with Crippen molar-refractivity contribution < 1.29 is 14.1 Å². The van der Waals surface area contributed by atoms with Crippen LogP contribution in [0.4, 0.5) is 5.69 Å². The average Bonchev–Trinajstić information content (AvgIpc) is 3.10. The molecule has 3 rings (SSSR count). The van der Waals surface area contributed by atoms with Crippen molar-refractivity contribution in [1.29, 1.82) is 0 Å². The highest BCUT2D eigenvalue weighted by Crippen LogP contribution is 2.31. The number of amides is 1. The lowest BCUT2D eigenvalue weighted by Crippen LogP contribution is -2.17. The Balaban J connectivity index is 1.70. The second kappa shape index (κ2) is 7.58.